The van der Waals surface area contributed by atoms with Gasteiger partial charge in [0.05, 0.1) is 23.2 Å². The van der Waals surface area contributed by atoms with E-state index in [0.717, 1.165) is 40.4 Å². The van der Waals surface area contributed by atoms with E-state index >= 15 is 0 Å². The molecule has 3 aromatic rings. The molecule has 0 unspecified atom stereocenters. The largest absolute Gasteiger partial charge is 0.326 e. The predicted molar refractivity (Wildman–Crippen MR) is 135 cm³/mol. The zero-order valence-electron chi connectivity index (χ0n) is 19.3. The predicted octanol–water partition coefficient (Wildman–Crippen LogP) is 5.24. The lowest BCUT2D eigenvalue weighted by molar-refractivity contribution is -0.123. The Bertz CT molecular complexity index is 1140. The molecule has 0 spiro atoms. The van der Waals surface area contributed by atoms with Gasteiger partial charge < -0.3 is 10.2 Å². The molecular weight excluding hydrogens is 430 g/mol. The molecule has 0 saturated carbocycles. The quantitative estimate of drug-likeness (QED) is 0.491. The molecule has 170 valence electrons. The third-order valence-electron chi connectivity index (χ3n) is 6.00. The van der Waals surface area contributed by atoms with Crippen molar-refractivity contribution in [2.75, 3.05) is 22.5 Å². The molecular formula is C27H29N3O2S. The monoisotopic (exact) mass is 459 g/mol. The first-order valence-corrected chi connectivity index (χ1v) is 12.2. The Kier molecular flexibility index (Phi) is 6.84. The van der Waals surface area contributed by atoms with E-state index in [9.17, 15) is 9.59 Å². The zero-order chi connectivity index (χ0) is 23.4. The number of carbonyl (C=O) groups excluding carboxylic acids is 2. The molecule has 2 heterocycles. The fourth-order valence-electron chi connectivity index (χ4n) is 4.11. The maximum atomic E-state index is 13.4. The number of pyridine rings is 1. The Morgan fingerprint density at radius 3 is 2.48 bits per heavy atom. The van der Waals surface area contributed by atoms with E-state index < -0.39 is 5.41 Å². The van der Waals surface area contributed by atoms with Crippen LogP contribution in [-0.4, -0.2) is 29.1 Å². The van der Waals surface area contributed by atoms with E-state index in [2.05, 4.69) is 29.4 Å². The van der Waals surface area contributed by atoms with Gasteiger partial charge in [-0.15, -0.1) is 11.8 Å². The van der Waals surface area contributed by atoms with Crippen molar-refractivity contribution in [3.63, 3.8) is 0 Å². The molecule has 2 amide bonds. The number of aromatic nitrogens is 1. The number of anilines is 2. The lowest BCUT2D eigenvalue weighted by Gasteiger charge is -2.30. The van der Waals surface area contributed by atoms with Crippen molar-refractivity contribution in [1.82, 2.24) is 4.98 Å². The van der Waals surface area contributed by atoms with Gasteiger partial charge in [-0.3, -0.25) is 14.6 Å². The minimum absolute atomic E-state index is 0.0516. The van der Waals surface area contributed by atoms with E-state index in [1.54, 1.807) is 18.0 Å². The van der Waals surface area contributed by atoms with Gasteiger partial charge in [0.1, 0.15) is 0 Å². The van der Waals surface area contributed by atoms with Crippen molar-refractivity contribution >= 4 is 35.0 Å². The second-order valence-corrected chi connectivity index (χ2v) is 10.0. The van der Waals surface area contributed by atoms with Crippen LogP contribution < -0.4 is 10.2 Å². The van der Waals surface area contributed by atoms with Gasteiger partial charge >= 0.3 is 0 Å². The molecule has 5 nitrogen and oxygen atoms in total. The summed E-state index contributed by atoms with van der Waals surface area (Å²) in [4.78, 5) is 33.3. The van der Waals surface area contributed by atoms with Crippen LogP contribution in [0.25, 0.3) is 0 Å². The number of amides is 2. The van der Waals surface area contributed by atoms with Crippen molar-refractivity contribution in [2.45, 2.75) is 43.9 Å². The van der Waals surface area contributed by atoms with Crippen LogP contribution >= 0.6 is 11.8 Å². The van der Waals surface area contributed by atoms with E-state index in [0.29, 0.717) is 13.0 Å². The normalized spacial score (nSPS) is 13.0. The van der Waals surface area contributed by atoms with Gasteiger partial charge in [0.25, 0.3) is 0 Å². The highest BCUT2D eigenvalue weighted by Gasteiger charge is 2.37. The summed E-state index contributed by atoms with van der Waals surface area (Å²) in [5.41, 5.74) is 3.79. The highest BCUT2D eigenvalue weighted by molar-refractivity contribution is 7.99. The van der Waals surface area contributed by atoms with Gasteiger partial charge in [0, 0.05) is 29.7 Å². The number of hydrogen-bond donors (Lipinski definition) is 1. The highest BCUT2D eigenvalue weighted by atomic mass is 32.2. The lowest BCUT2D eigenvalue weighted by atomic mass is 9.83. The van der Waals surface area contributed by atoms with Crippen molar-refractivity contribution in [3.05, 3.63) is 83.7 Å². The van der Waals surface area contributed by atoms with Gasteiger partial charge in [-0.2, -0.15) is 0 Å². The van der Waals surface area contributed by atoms with Crippen molar-refractivity contribution in [2.24, 2.45) is 0 Å². The van der Waals surface area contributed by atoms with Crippen molar-refractivity contribution in [3.8, 4) is 0 Å². The summed E-state index contributed by atoms with van der Waals surface area (Å²) in [5, 5.41) is 2.96. The summed E-state index contributed by atoms with van der Waals surface area (Å²) < 4.78 is 0. The number of hydrogen-bond acceptors (Lipinski definition) is 4. The van der Waals surface area contributed by atoms with Crippen molar-refractivity contribution in [1.29, 1.82) is 0 Å². The first-order chi connectivity index (χ1) is 15.9. The Morgan fingerprint density at radius 2 is 1.79 bits per heavy atom. The number of thioether (sulfide) groups is 1. The zero-order valence-corrected chi connectivity index (χ0v) is 20.1. The Balaban J connectivity index is 1.40. The van der Waals surface area contributed by atoms with E-state index in [-0.39, 0.29) is 11.8 Å². The summed E-state index contributed by atoms with van der Waals surface area (Å²) in [7, 11) is 0. The maximum Gasteiger partial charge on any atom is 0.237 e. The van der Waals surface area contributed by atoms with Gasteiger partial charge in [0.15, 0.2) is 0 Å². The molecule has 1 aliphatic rings. The summed E-state index contributed by atoms with van der Waals surface area (Å²) in [6, 6.07) is 19.5. The molecule has 1 aliphatic heterocycles. The molecule has 0 radical (unpaired) electrons. The summed E-state index contributed by atoms with van der Waals surface area (Å²) >= 11 is 1.78. The molecule has 1 N–H and O–H groups in total. The van der Waals surface area contributed by atoms with Gasteiger partial charge in [0.2, 0.25) is 11.8 Å². The standard InChI is InChI=1S/C27H29N3O2S/c1-4-33-22-13-7-19(8-14-22)18-25(31)29-21-11-9-20(10-12-21)27(2,3)26(32)30-17-15-23-24(30)6-5-16-28-23/h5-14,16H,4,15,17-18H2,1-3H3,(H,29,31). The van der Waals surface area contributed by atoms with Gasteiger partial charge in [-0.05, 0) is 67.1 Å². The number of rotatable bonds is 7. The smallest absolute Gasteiger partial charge is 0.237 e. The third kappa shape index (κ3) is 5.11. The van der Waals surface area contributed by atoms with Crippen LogP contribution in [-0.2, 0) is 27.8 Å². The molecule has 6 heteroatoms. The van der Waals surface area contributed by atoms with E-state index in [1.807, 2.05) is 67.3 Å². The fourth-order valence-corrected chi connectivity index (χ4v) is 4.77. The van der Waals surface area contributed by atoms with Crippen LogP contribution in [0.4, 0.5) is 11.4 Å². The number of carbonyl (C=O) groups is 2. The number of benzene rings is 2. The average molecular weight is 460 g/mol. The van der Waals surface area contributed by atoms with E-state index in [4.69, 9.17) is 0 Å². The molecule has 0 bridgehead atoms. The Labute approximate surface area is 199 Å². The first kappa shape index (κ1) is 23.1. The Morgan fingerprint density at radius 1 is 1.06 bits per heavy atom. The summed E-state index contributed by atoms with van der Waals surface area (Å²) in [6.07, 6.45) is 2.87. The van der Waals surface area contributed by atoms with Crippen LogP contribution in [0.5, 0.6) is 0 Å². The molecule has 0 saturated heterocycles. The van der Waals surface area contributed by atoms with Crippen LogP contribution in [0.2, 0.25) is 0 Å². The van der Waals surface area contributed by atoms with E-state index in [1.165, 1.54) is 4.90 Å². The molecule has 0 atom stereocenters. The second kappa shape index (κ2) is 9.79. The molecule has 1 aromatic heterocycles. The van der Waals surface area contributed by atoms with Crippen LogP contribution in [0, 0.1) is 0 Å². The minimum atomic E-state index is -0.696. The summed E-state index contributed by atoms with van der Waals surface area (Å²) in [5.74, 6) is 1.02. The average Bonchev–Trinajstić information content (AvgIpc) is 3.24. The third-order valence-corrected chi connectivity index (χ3v) is 6.89. The van der Waals surface area contributed by atoms with Gasteiger partial charge in [-0.1, -0.05) is 31.2 Å². The lowest BCUT2D eigenvalue weighted by Crippen LogP contribution is -2.42. The van der Waals surface area contributed by atoms with Crippen LogP contribution in [0.1, 0.15) is 37.6 Å². The van der Waals surface area contributed by atoms with Gasteiger partial charge in [-0.25, -0.2) is 0 Å². The number of nitrogens with zero attached hydrogens (tertiary/aromatic N) is 2. The topological polar surface area (TPSA) is 62.3 Å². The molecule has 2 aromatic carbocycles. The first-order valence-electron chi connectivity index (χ1n) is 11.3. The molecule has 0 aliphatic carbocycles. The SMILES string of the molecule is CCSc1ccc(CC(=O)Nc2ccc(C(C)(C)C(=O)N3CCc4ncccc43)cc2)cc1. The summed E-state index contributed by atoms with van der Waals surface area (Å²) in [6.45, 7) is 6.66. The minimum Gasteiger partial charge on any atom is -0.326 e. The Hall–Kier alpha value is -3.12. The molecule has 0 fully saturated rings. The fraction of sp³-hybridized carbons (Fsp3) is 0.296. The number of nitrogens with one attached hydrogen (secondary N) is 1. The highest BCUT2D eigenvalue weighted by Crippen LogP contribution is 2.33. The molecule has 33 heavy (non-hydrogen) atoms. The number of fused-ring (bicyclic) bond motifs is 1. The van der Waals surface area contributed by atoms with Crippen molar-refractivity contribution < 1.29 is 9.59 Å². The maximum absolute atomic E-state index is 13.4. The molecule has 4 rings (SSSR count). The second-order valence-electron chi connectivity index (χ2n) is 8.68. The van der Waals surface area contributed by atoms with Crippen LogP contribution in [0.15, 0.2) is 71.8 Å². The van der Waals surface area contributed by atoms with Crippen LogP contribution in [0.3, 0.4) is 0 Å².